The normalized spacial score (nSPS) is 14.6. The van der Waals surface area contributed by atoms with Crippen LogP contribution in [0.4, 0.5) is 0 Å². The van der Waals surface area contributed by atoms with E-state index in [-0.39, 0.29) is 11.4 Å². The molecule has 0 saturated heterocycles. The lowest BCUT2D eigenvalue weighted by Gasteiger charge is -2.17. The molecular weight excluding hydrogens is 240 g/mol. The van der Waals surface area contributed by atoms with Crippen molar-refractivity contribution in [2.45, 2.75) is 45.4 Å². The molecule has 0 bridgehead atoms. The fourth-order valence-corrected chi connectivity index (χ4v) is 3.05. The largest absolute Gasteiger partial charge is 0.508 e. The smallest absolute Gasteiger partial charge is 0.339 e. The molecule has 0 saturated carbocycles. The quantitative estimate of drug-likeness (QED) is 0.840. The second-order valence-corrected chi connectivity index (χ2v) is 5.24. The highest BCUT2D eigenvalue weighted by atomic mass is 16.4. The van der Waals surface area contributed by atoms with E-state index < -0.39 is 0 Å². The molecule has 1 aliphatic carbocycles. The Bertz CT molecular complexity index is 682. The fraction of sp³-hybridized carbons (Fsp3) is 0.438. The molecule has 0 atom stereocenters. The lowest BCUT2D eigenvalue weighted by Crippen LogP contribution is -2.16. The van der Waals surface area contributed by atoms with Crippen molar-refractivity contribution in [3.63, 3.8) is 0 Å². The van der Waals surface area contributed by atoms with Gasteiger partial charge in [0.05, 0.1) is 0 Å². The summed E-state index contributed by atoms with van der Waals surface area (Å²) in [6.45, 7) is 2.05. The summed E-state index contributed by atoms with van der Waals surface area (Å²) in [6, 6.07) is 3.61. The van der Waals surface area contributed by atoms with Gasteiger partial charge in [-0.1, -0.05) is 13.3 Å². The molecule has 2 aromatic rings. The average Bonchev–Trinajstić information content (AvgIpc) is 2.43. The van der Waals surface area contributed by atoms with Gasteiger partial charge in [-0.15, -0.1) is 0 Å². The van der Waals surface area contributed by atoms with Gasteiger partial charge < -0.3 is 9.52 Å². The van der Waals surface area contributed by atoms with E-state index in [1.807, 2.05) is 6.07 Å². The highest BCUT2D eigenvalue weighted by molar-refractivity contribution is 5.86. The molecule has 3 heteroatoms. The van der Waals surface area contributed by atoms with E-state index >= 15 is 0 Å². The topological polar surface area (TPSA) is 50.4 Å². The van der Waals surface area contributed by atoms with Crippen molar-refractivity contribution in [1.82, 2.24) is 0 Å². The molecule has 0 radical (unpaired) electrons. The summed E-state index contributed by atoms with van der Waals surface area (Å²) in [5, 5.41) is 11.0. The Balaban J connectivity index is 2.36. The third kappa shape index (κ3) is 1.93. The number of fused-ring (bicyclic) bond motifs is 3. The van der Waals surface area contributed by atoms with Gasteiger partial charge in [-0.2, -0.15) is 0 Å². The van der Waals surface area contributed by atoms with Crippen molar-refractivity contribution in [3.05, 3.63) is 39.2 Å². The number of hydrogen-bond acceptors (Lipinski definition) is 3. The molecule has 0 spiro atoms. The number of aryl methyl sites for hydroxylation is 2. The number of phenolic OH excluding ortho intramolecular Hbond substituents is 1. The van der Waals surface area contributed by atoms with Gasteiger partial charge in [0.25, 0.3) is 0 Å². The summed E-state index contributed by atoms with van der Waals surface area (Å²) in [5.41, 5.74) is 3.12. The van der Waals surface area contributed by atoms with E-state index in [9.17, 15) is 9.90 Å². The van der Waals surface area contributed by atoms with Gasteiger partial charge in [0, 0.05) is 16.5 Å². The lowest BCUT2D eigenvalue weighted by molar-refractivity contribution is 0.463. The van der Waals surface area contributed by atoms with Crippen LogP contribution in [0.2, 0.25) is 0 Å². The minimum atomic E-state index is -0.217. The molecule has 100 valence electrons. The van der Waals surface area contributed by atoms with Crippen molar-refractivity contribution in [2.75, 3.05) is 0 Å². The molecule has 0 aliphatic heterocycles. The van der Waals surface area contributed by atoms with Gasteiger partial charge in [-0.05, 0) is 49.8 Å². The minimum absolute atomic E-state index is 0.217. The van der Waals surface area contributed by atoms with Crippen LogP contribution in [-0.2, 0) is 19.3 Å². The molecule has 3 nitrogen and oxygen atoms in total. The summed E-state index contributed by atoms with van der Waals surface area (Å²) in [7, 11) is 0. The first-order chi connectivity index (χ1) is 9.22. The Hall–Kier alpha value is -1.77. The third-order valence-electron chi connectivity index (χ3n) is 3.97. The predicted octanol–water partition coefficient (Wildman–Crippen LogP) is 3.33. The van der Waals surface area contributed by atoms with Crippen LogP contribution >= 0.6 is 0 Å². The lowest BCUT2D eigenvalue weighted by atomic mass is 9.89. The highest BCUT2D eigenvalue weighted by Crippen LogP contribution is 2.33. The summed E-state index contributed by atoms with van der Waals surface area (Å²) in [6.07, 6.45) is 5.57. The molecule has 1 N–H and O–H groups in total. The Labute approximate surface area is 111 Å². The van der Waals surface area contributed by atoms with Gasteiger partial charge in [-0.3, -0.25) is 0 Å². The van der Waals surface area contributed by atoms with Crippen LogP contribution in [0.5, 0.6) is 5.75 Å². The zero-order valence-corrected chi connectivity index (χ0v) is 11.2. The maximum atomic E-state index is 12.1. The van der Waals surface area contributed by atoms with Gasteiger partial charge in [0.15, 0.2) is 0 Å². The Morgan fingerprint density at radius 2 is 1.95 bits per heavy atom. The van der Waals surface area contributed by atoms with Crippen LogP contribution in [0, 0.1) is 0 Å². The molecule has 0 fully saturated rings. The standard InChI is InChI=1S/C16H18O3/c1-2-5-13-14(17)9-8-11-10-6-3-4-7-12(10)16(18)19-15(11)13/h8-9,17H,2-7H2,1H3. The maximum Gasteiger partial charge on any atom is 0.339 e. The molecule has 1 aromatic heterocycles. The zero-order chi connectivity index (χ0) is 13.4. The minimum Gasteiger partial charge on any atom is -0.508 e. The first-order valence-corrected chi connectivity index (χ1v) is 7.01. The second-order valence-electron chi connectivity index (χ2n) is 5.24. The van der Waals surface area contributed by atoms with E-state index in [0.29, 0.717) is 5.58 Å². The summed E-state index contributed by atoms with van der Waals surface area (Å²) in [5.74, 6) is 0.230. The van der Waals surface area contributed by atoms with Crippen molar-refractivity contribution < 1.29 is 9.52 Å². The predicted molar refractivity (Wildman–Crippen MR) is 74.8 cm³/mol. The first kappa shape index (κ1) is 12.3. The van der Waals surface area contributed by atoms with E-state index in [4.69, 9.17) is 4.42 Å². The number of benzene rings is 1. The highest BCUT2D eigenvalue weighted by Gasteiger charge is 2.20. The monoisotopic (exact) mass is 258 g/mol. The third-order valence-corrected chi connectivity index (χ3v) is 3.97. The van der Waals surface area contributed by atoms with Crippen molar-refractivity contribution in [3.8, 4) is 5.75 Å². The van der Waals surface area contributed by atoms with Crippen LogP contribution in [0.15, 0.2) is 21.3 Å². The molecule has 1 heterocycles. The van der Waals surface area contributed by atoms with Crippen molar-refractivity contribution in [1.29, 1.82) is 0 Å². The Kier molecular flexibility index (Phi) is 3.05. The van der Waals surface area contributed by atoms with Gasteiger partial charge in [-0.25, -0.2) is 4.79 Å². The summed E-state index contributed by atoms with van der Waals surface area (Å²) < 4.78 is 5.51. The van der Waals surface area contributed by atoms with Crippen LogP contribution in [0.3, 0.4) is 0 Å². The molecule has 3 rings (SSSR count). The molecular formula is C16H18O3. The maximum absolute atomic E-state index is 12.1. The van der Waals surface area contributed by atoms with E-state index in [0.717, 1.165) is 60.6 Å². The van der Waals surface area contributed by atoms with Gasteiger partial charge in [0.2, 0.25) is 0 Å². The number of phenols is 1. The van der Waals surface area contributed by atoms with Crippen LogP contribution in [0.25, 0.3) is 11.0 Å². The number of hydrogen-bond donors (Lipinski definition) is 1. The van der Waals surface area contributed by atoms with Gasteiger partial charge in [0.1, 0.15) is 11.3 Å². The Morgan fingerprint density at radius 1 is 1.21 bits per heavy atom. The Morgan fingerprint density at radius 3 is 2.68 bits per heavy atom. The van der Waals surface area contributed by atoms with Crippen molar-refractivity contribution >= 4 is 11.0 Å². The summed E-state index contributed by atoms with van der Waals surface area (Å²) in [4.78, 5) is 12.1. The van der Waals surface area contributed by atoms with Crippen LogP contribution < -0.4 is 5.63 Å². The number of aromatic hydroxyl groups is 1. The molecule has 1 aliphatic rings. The molecule has 0 unspecified atom stereocenters. The van der Waals surface area contributed by atoms with Crippen LogP contribution in [-0.4, -0.2) is 5.11 Å². The van der Waals surface area contributed by atoms with E-state index in [2.05, 4.69) is 6.92 Å². The summed E-state index contributed by atoms with van der Waals surface area (Å²) >= 11 is 0. The zero-order valence-electron chi connectivity index (χ0n) is 11.2. The second kappa shape index (κ2) is 4.72. The molecule has 0 amide bonds. The van der Waals surface area contributed by atoms with Crippen LogP contribution in [0.1, 0.15) is 42.9 Å². The van der Waals surface area contributed by atoms with Gasteiger partial charge >= 0.3 is 5.63 Å². The van der Waals surface area contributed by atoms with Crippen molar-refractivity contribution in [2.24, 2.45) is 0 Å². The first-order valence-electron chi connectivity index (χ1n) is 7.01. The van der Waals surface area contributed by atoms with E-state index in [1.54, 1.807) is 6.07 Å². The fourth-order valence-electron chi connectivity index (χ4n) is 3.05. The SMILES string of the molecule is CCCc1c(O)ccc2c3c(c(=O)oc12)CCCC3. The van der Waals surface area contributed by atoms with E-state index in [1.165, 1.54) is 0 Å². The average molecular weight is 258 g/mol. The molecule has 1 aromatic carbocycles. The molecule has 19 heavy (non-hydrogen) atoms. The number of rotatable bonds is 2.